The fourth-order valence-corrected chi connectivity index (χ4v) is 2.12. The van der Waals surface area contributed by atoms with Crippen molar-refractivity contribution in [2.45, 2.75) is 40.7 Å². The van der Waals surface area contributed by atoms with Gasteiger partial charge in [0.05, 0.1) is 6.61 Å². The summed E-state index contributed by atoms with van der Waals surface area (Å²) in [6.07, 6.45) is 0.936. The molecule has 108 valence electrons. The Morgan fingerprint density at radius 1 is 1.05 bits per heavy atom. The summed E-state index contributed by atoms with van der Waals surface area (Å²) in [5, 5.41) is 3.35. The van der Waals surface area contributed by atoms with Crippen LogP contribution in [0.3, 0.4) is 0 Å². The summed E-state index contributed by atoms with van der Waals surface area (Å²) in [7, 11) is 0. The second kappa shape index (κ2) is 8.94. The summed E-state index contributed by atoms with van der Waals surface area (Å²) in [5.74, 6) is 1.02. The van der Waals surface area contributed by atoms with Crippen LogP contribution in [-0.2, 0) is 11.3 Å². The Balaban J connectivity index is 2.53. The van der Waals surface area contributed by atoms with Gasteiger partial charge in [-0.3, -0.25) is 0 Å². The van der Waals surface area contributed by atoms with E-state index in [0.29, 0.717) is 6.61 Å². The first kappa shape index (κ1) is 16.0. The highest BCUT2D eigenvalue weighted by Crippen LogP contribution is 2.25. The van der Waals surface area contributed by atoms with Gasteiger partial charge in [-0.2, -0.15) is 0 Å². The molecule has 1 N–H and O–H groups in total. The number of aryl methyl sites for hydroxylation is 2. The minimum absolute atomic E-state index is 0.717. The van der Waals surface area contributed by atoms with Crippen LogP contribution in [0.5, 0.6) is 5.75 Å². The molecule has 1 aromatic rings. The molecule has 0 heterocycles. The minimum Gasteiger partial charge on any atom is -0.493 e. The average molecular weight is 265 g/mol. The number of rotatable bonds is 9. The van der Waals surface area contributed by atoms with Crippen LogP contribution in [0.4, 0.5) is 0 Å². The molecule has 0 saturated carbocycles. The number of ether oxygens (including phenoxy) is 2. The monoisotopic (exact) mass is 265 g/mol. The number of hydrogen-bond acceptors (Lipinski definition) is 3. The molecule has 0 atom stereocenters. The summed E-state index contributed by atoms with van der Waals surface area (Å²) >= 11 is 0. The molecule has 1 rings (SSSR count). The standard InChI is InChI=1S/C16H27NO2/c1-5-17-12-15-10-13(3)16(14(4)11-15)19-9-7-8-18-6-2/h10-11,17H,5-9,12H2,1-4H3. The van der Waals surface area contributed by atoms with Crippen LogP contribution in [-0.4, -0.2) is 26.4 Å². The van der Waals surface area contributed by atoms with Gasteiger partial charge in [-0.25, -0.2) is 0 Å². The number of benzene rings is 1. The van der Waals surface area contributed by atoms with E-state index in [-0.39, 0.29) is 0 Å². The molecular formula is C16H27NO2. The van der Waals surface area contributed by atoms with Gasteiger partial charge in [-0.05, 0) is 44.0 Å². The van der Waals surface area contributed by atoms with E-state index in [1.165, 1.54) is 16.7 Å². The molecule has 0 aliphatic heterocycles. The second-order valence-electron chi connectivity index (χ2n) is 4.74. The lowest BCUT2D eigenvalue weighted by Gasteiger charge is -2.14. The van der Waals surface area contributed by atoms with Crippen LogP contribution in [0.1, 0.15) is 37.0 Å². The molecule has 3 heteroatoms. The van der Waals surface area contributed by atoms with Crippen molar-refractivity contribution in [1.82, 2.24) is 5.32 Å². The van der Waals surface area contributed by atoms with E-state index in [4.69, 9.17) is 9.47 Å². The third-order valence-corrected chi connectivity index (χ3v) is 2.98. The smallest absolute Gasteiger partial charge is 0.125 e. The average Bonchev–Trinajstić information content (AvgIpc) is 2.38. The van der Waals surface area contributed by atoms with Gasteiger partial charge in [0, 0.05) is 26.2 Å². The molecule has 0 aliphatic rings. The van der Waals surface area contributed by atoms with Crippen molar-refractivity contribution in [1.29, 1.82) is 0 Å². The molecule has 0 saturated heterocycles. The van der Waals surface area contributed by atoms with Crippen molar-refractivity contribution in [3.8, 4) is 5.75 Å². The van der Waals surface area contributed by atoms with Crippen LogP contribution in [0, 0.1) is 13.8 Å². The van der Waals surface area contributed by atoms with E-state index in [1.54, 1.807) is 0 Å². The summed E-state index contributed by atoms with van der Waals surface area (Å²) in [6.45, 7) is 12.5. The predicted octanol–water partition coefficient (Wildman–Crippen LogP) is 3.22. The molecular weight excluding hydrogens is 238 g/mol. The molecule has 0 bridgehead atoms. The van der Waals surface area contributed by atoms with E-state index in [0.717, 1.165) is 38.5 Å². The Kier molecular flexibility index (Phi) is 7.53. The summed E-state index contributed by atoms with van der Waals surface area (Å²) in [5.41, 5.74) is 3.74. The van der Waals surface area contributed by atoms with Gasteiger partial charge in [0.1, 0.15) is 5.75 Å². The Labute approximate surface area is 117 Å². The second-order valence-corrected chi connectivity index (χ2v) is 4.74. The largest absolute Gasteiger partial charge is 0.493 e. The van der Waals surface area contributed by atoms with Gasteiger partial charge in [0.2, 0.25) is 0 Å². The van der Waals surface area contributed by atoms with Crippen LogP contribution in [0.15, 0.2) is 12.1 Å². The molecule has 0 radical (unpaired) electrons. The van der Waals surface area contributed by atoms with Crippen LogP contribution in [0.2, 0.25) is 0 Å². The van der Waals surface area contributed by atoms with Crippen molar-refractivity contribution in [3.05, 3.63) is 28.8 Å². The maximum Gasteiger partial charge on any atom is 0.125 e. The summed E-state index contributed by atoms with van der Waals surface area (Å²) < 4.78 is 11.2. The van der Waals surface area contributed by atoms with Crippen molar-refractivity contribution < 1.29 is 9.47 Å². The first-order valence-electron chi connectivity index (χ1n) is 7.20. The summed E-state index contributed by atoms with van der Waals surface area (Å²) in [4.78, 5) is 0. The van der Waals surface area contributed by atoms with Gasteiger partial charge in [-0.1, -0.05) is 19.1 Å². The number of nitrogens with one attached hydrogen (secondary N) is 1. The van der Waals surface area contributed by atoms with Gasteiger partial charge >= 0.3 is 0 Å². The Morgan fingerprint density at radius 2 is 1.74 bits per heavy atom. The minimum atomic E-state index is 0.717. The topological polar surface area (TPSA) is 30.5 Å². The molecule has 0 aromatic heterocycles. The quantitative estimate of drug-likeness (QED) is 0.695. The Hall–Kier alpha value is -1.06. The third kappa shape index (κ3) is 5.62. The van der Waals surface area contributed by atoms with Crippen molar-refractivity contribution in [3.63, 3.8) is 0 Å². The molecule has 0 spiro atoms. The first-order valence-corrected chi connectivity index (χ1v) is 7.20. The van der Waals surface area contributed by atoms with Crippen LogP contribution in [0.25, 0.3) is 0 Å². The Bertz CT molecular complexity index is 354. The third-order valence-electron chi connectivity index (χ3n) is 2.98. The van der Waals surface area contributed by atoms with Crippen LogP contribution < -0.4 is 10.1 Å². The lowest BCUT2D eigenvalue weighted by Crippen LogP contribution is -2.12. The van der Waals surface area contributed by atoms with E-state index in [2.05, 4.69) is 38.2 Å². The highest BCUT2D eigenvalue weighted by Gasteiger charge is 2.06. The fraction of sp³-hybridized carbons (Fsp3) is 0.625. The van der Waals surface area contributed by atoms with Crippen molar-refractivity contribution in [2.24, 2.45) is 0 Å². The highest BCUT2D eigenvalue weighted by atomic mass is 16.5. The van der Waals surface area contributed by atoms with Gasteiger partial charge in [0.15, 0.2) is 0 Å². The fourth-order valence-electron chi connectivity index (χ4n) is 2.12. The highest BCUT2D eigenvalue weighted by molar-refractivity contribution is 5.43. The molecule has 19 heavy (non-hydrogen) atoms. The predicted molar refractivity (Wildman–Crippen MR) is 79.9 cm³/mol. The van der Waals surface area contributed by atoms with E-state index in [9.17, 15) is 0 Å². The molecule has 3 nitrogen and oxygen atoms in total. The molecule has 1 aromatic carbocycles. The van der Waals surface area contributed by atoms with E-state index >= 15 is 0 Å². The SMILES string of the molecule is CCNCc1cc(C)c(OCCCOCC)c(C)c1. The van der Waals surface area contributed by atoms with Gasteiger partial charge in [-0.15, -0.1) is 0 Å². The van der Waals surface area contributed by atoms with Crippen LogP contribution >= 0.6 is 0 Å². The first-order chi connectivity index (χ1) is 9.19. The molecule has 0 unspecified atom stereocenters. The van der Waals surface area contributed by atoms with Gasteiger partial charge in [0.25, 0.3) is 0 Å². The molecule has 0 amide bonds. The van der Waals surface area contributed by atoms with E-state index in [1.807, 2.05) is 6.92 Å². The van der Waals surface area contributed by atoms with E-state index < -0.39 is 0 Å². The normalized spacial score (nSPS) is 10.7. The lowest BCUT2D eigenvalue weighted by molar-refractivity contribution is 0.130. The van der Waals surface area contributed by atoms with Gasteiger partial charge < -0.3 is 14.8 Å². The zero-order valence-corrected chi connectivity index (χ0v) is 12.7. The maximum atomic E-state index is 5.87. The zero-order valence-electron chi connectivity index (χ0n) is 12.7. The number of hydrogen-bond donors (Lipinski definition) is 1. The molecule has 0 fully saturated rings. The van der Waals surface area contributed by atoms with Crippen molar-refractivity contribution >= 4 is 0 Å². The molecule has 0 aliphatic carbocycles. The van der Waals surface area contributed by atoms with Crippen molar-refractivity contribution in [2.75, 3.05) is 26.4 Å². The zero-order chi connectivity index (χ0) is 14.1. The Morgan fingerprint density at radius 3 is 2.32 bits per heavy atom. The maximum absolute atomic E-state index is 5.87. The summed E-state index contributed by atoms with van der Waals surface area (Å²) in [6, 6.07) is 4.40. The lowest BCUT2D eigenvalue weighted by atomic mass is 10.1.